The minimum atomic E-state index is 0.757. The largest absolute Gasteiger partial charge is 0.399 e. The van der Waals surface area contributed by atoms with Crippen LogP contribution in [-0.2, 0) is 0 Å². The molecule has 0 aliphatic rings. The molecule has 12 aromatic rings. The highest BCUT2D eigenvalue weighted by Crippen LogP contribution is 2.41. The van der Waals surface area contributed by atoms with Gasteiger partial charge in [0.1, 0.15) is 0 Å². The SMILES string of the molecule is Clc1ccc(-c2ccccc2-c2cc3ccccc3c3ccccc23)cc1.Nc1ccccc1.c1ccc(Nc2ccc(-c3ccccc3-c3cc4ccccc4c4ccccc34)cc2)cc1. The standard InChI is InChI=1S/C32H23N.C26H17Cl.C6H7N/c1-2-11-25(12-3-1)33-26-20-18-23(19-21-26)27-13-6-7-16-30(27)32-22-24-10-4-5-14-28(24)29-15-8-9-17-31(29)32;27-20-15-13-18(14-16-20)21-8-3-4-11-24(21)26-17-19-7-1-2-9-22(19)23-10-5-6-12-25(23)26;7-6-4-2-1-3-5-6/h1-22,33H;1-17H;1-5H,7H2. The average molecular weight is 880 g/mol. The predicted octanol–water partition coefficient (Wildman–Crippen LogP) is 18.3. The molecule has 320 valence electrons. The minimum absolute atomic E-state index is 0.757. The third kappa shape index (κ3) is 9.39. The van der Waals surface area contributed by atoms with Crippen LogP contribution in [0.4, 0.5) is 17.1 Å². The van der Waals surface area contributed by atoms with Crippen molar-refractivity contribution in [2.45, 2.75) is 0 Å². The number of halogens is 1. The number of hydrogen-bond donors (Lipinski definition) is 2. The summed E-state index contributed by atoms with van der Waals surface area (Å²) < 4.78 is 0. The van der Waals surface area contributed by atoms with Crippen LogP contribution >= 0.6 is 11.6 Å². The number of nitrogens with two attached hydrogens (primary N) is 1. The van der Waals surface area contributed by atoms with Gasteiger partial charge in [-0.15, -0.1) is 0 Å². The van der Waals surface area contributed by atoms with E-state index in [0.29, 0.717) is 0 Å². The van der Waals surface area contributed by atoms with E-state index < -0.39 is 0 Å². The topological polar surface area (TPSA) is 38.0 Å². The van der Waals surface area contributed by atoms with Gasteiger partial charge >= 0.3 is 0 Å². The maximum atomic E-state index is 6.10. The summed E-state index contributed by atoms with van der Waals surface area (Å²) in [5.74, 6) is 0. The van der Waals surface area contributed by atoms with Gasteiger partial charge in [-0.1, -0.05) is 218 Å². The van der Waals surface area contributed by atoms with Crippen molar-refractivity contribution in [2.24, 2.45) is 0 Å². The van der Waals surface area contributed by atoms with Gasteiger partial charge in [-0.25, -0.2) is 0 Å². The number of nitrogens with one attached hydrogen (secondary N) is 1. The van der Waals surface area contributed by atoms with Gasteiger partial charge in [0, 0.05) is 22.1 Å². The summed E-state index contributed by atoms with van der Waals surface area (Å²) in [5.41, 5.74) is 18.2. The second-order valence-corrected chi connectivity index (χ2v) is 16.9. The molecule has 0 spiro atoms. The molecule has 0 fully saturated rings. The summed E-state index contributed by atoms with van der Waals surface area (Å²) in [5, 5.41) is 14.5. The van der Waals surface area contributed by atoms with Crippen molar-refractivity contribution in [2.75, 3.05) is 11.1 Å². The number of hydrogen-bond acceptors (Lipinski definition) is 2. The number of nitrogen functional groups attached to an aromatic ring is 1. The molecule has 0 unspecified atom stereocenters. The van der Waals surface area contributed by atoms with Gasteiger partial charge in [0.25, 0.3) is 0 Å². The molecule has 0 aliphatic carbocycles. The molecular formula is C64H47ClN2. The highest BCUT2D eigenvalue weighted by atomic mass is 35.5. The fourth-order valence-electron chi connectivity index (χ4n) is 9.00. The van der Waals surface area contributed by atoms with Crippen LogP contribution in [-0.4, -0.2) is 0 Å². The molecule has 0 saturated carbocycles. The Labute approximate surface area is 397 Å². The van der Waals surface area contributed by atoms with Gasteiger partial charge < -0.3 is 11.1 Å². The molecule has 0 radical (unpaired) electrons. The zero-order chi connectivity index (χ0) is 45.4. The Balaban J connectivity index is 0.000000139. The summed E-state index contributed by atoms with van der Waals surface area (Å²) in [7, 11) is 0. The molecule has 0 saturated heterocycles. The van der Waals surface area contributed by atoms with Crippen LogP contribution in [0.2, 0.25) is 5.02 Å². The van der Waals surface area contributed by atoms with Crippen LogP contribution in [0.1, 0.15) is 0 Å². The normalized spacial score (nSPS) is 10.8. The van der Waals surface area contributed by atoms with Crippen LogP contribution in [0.15, 0.2) is 267 Å². The molecule has 0 aromatic heterocycles. The number of anilines is 3. The first-order valence-corrected chi connectivity index (χ1v) is 22.9. The van der Waals surface area contributed by atoms with Gasteiger partial charge in [-0.2, -0.15) is 0 Å². The molecular weight excluding hydrogens is 832 g/mol. The Kier molecular flexibility index (Phi) is 12.5. The number of benzene rings is 12. The monoisotopic (exact) mass is 878 g/mol. The Hall–Kier alpha value is -8.43. The maximum absolute atomic E-state index is 6.10. The van der Waals surface area contributed by atoms with Crippen molar-refractivity contribution in [3.63, 3.8) is 0 Å². The molecule has 0 aliphatic heterocycles. The number of rotatable bonds is 6. The van der Waals surface area contributed by atoms with E-state index in [-0.39, 0.29) is 0 Å². The lowest BCUT2D eigenvalue weighted by Gasteiger charge is -2.15. The van der Waals surface area contributed by atoms with E-state index in [4.69, 9.17) is 17.3 Å². The molecule has 2 nitrogen and oxygen atoms in total. The molecule has 0 heterocycles. The van der Waals surface area contributed by atoms with Gasteiger partial charge in [-0.05, 0) is 148 Å². The Morgan fingerprint density at radius 3 is 1.06 bits per heavy atom. The quantitative estimate of drug-likeness (QED) is 0.129. The predicted molar refractivity (Wildman–Crippen MR) is 290 cm³/mol. The Morgan fingerprint density at radius 2 is 0.612 bits per heavy atom. The van der Waals surface area contributed by atoms with E-state index >= 15 is 0 Å². The van der Waals surface area contributed by atoms with E-state index in [1.807, 2.05) is 60.7 Å². The van der Waals surface area contributed by atoms with E-state index in [0.717, 1.165) is 22.1 Å². The van der Waals surface area contributed by atoms with Crippen molar-refractivity contribution in [3.8, 4) is 44.5 Å². The molecule has 12 aromatic carbocycles. The Bertz CT molecular complexity index is 3600. The molecule has 3 heteroatoms. The number of para-hydroxylation sites is 2. The second-order valence-electron chi connectivity index (χ2n) is 16.5. The molecule has 3 N–H and O–H groups in total. The minimum Gasteiger partial charge on any atom is -0.399 e. The number of fused-ring (bicyclic) bond motifs is 6. The zero-order valence-corrected chi connectivity index (χ0v) is 37.6. The van der Waals surface area contributed by atoms with Crippen LogP contribution in [0.3, 0.4) is 0 Å². The van der Waals surface area contributed by atoms with Crippen LogP contribution in [0.5, 0.6) is 0 Å². The zero-order valence-electron chi connectivity index (χ0n) is 36.9. The Morgan fingerprint density at radius 1 is 0.269 bits per heavy atom. The van der Waals surface area contributed by atoms with E-state index in [1.54, 1.807) is 0 Å². The van der Waals surface area contributed by atoms with E-state index in [2.05, 4.69) is 212 Å². The summed E-state index contributed by atoms with van der Waals surface area (Å²) in [4.78, 5) is 0. The lowest BCUT2D eigenvalue weighted by atomic mass is 9.89. The van der Waals surface area contributed by atoms with Crippen LogP contribution < -0.4 is 11.1 Å². The van der Waals surface area contributed by atoms with Gasteiger partial charge in [0.15, 0.2) is 0 Å². The molecule has 12 rings (SSSR count). The van der Waals surface area contributed by atoms with Gasteiger partial charge in [0.05, 0.1) is 0 Å². The van der Waals surface area contributed by atoms with Crippen molar-refractivity contribution in [3.05, 3.63) is 272 Å². The molecule has 0 bridgehead atoms. The fourth-order valence-corrected chi connectivity index (χ4v) is 9.12. The lowest BCUT2D eigenvalue weighted by molar-refractivity contribution is 1.54. The summed E-state index contributed by atoms with van der Waals surface area (Å²) in [6, 6.07) is 93.1. The average Bonchev–Trinajstić information content (AvgIpc) is 3.40. The maximum Gasteiger partial charge on any atom is 0.0406 e. The van der Waals surface area contributed by atoms with Crippen molar-refractivity contribution in [1.29, 1.82) is 0 Å². The van der Waals surface area contributed by atoms with Crippen LogP contribution in [0, 0.1) is 0 Å². The van der Waals surface area contributed by atoms with Crippen LogP contribution in [0.25, 0.3) is 87.6 Å². The molecule has 67 heavy (non-hydrogen) atoms. The summed E-state index contributed by atoms with van der Waals surface area (Å²) >= 11 is 6.10. The summed E-state index contributed by atoms with van der Waals surface area (Å²) in [6.07, 6.45) is 0. The third-order valence-corrected chi connectivity index (χ3v) is 12.4. The van der Waals surface area contributed by atoms with Crippen molar-refractivity contribution >= 4 is 71.8 Å². The first-order valence-electron chi connectivity index (χ1n) is 22.6. The first-order chi connectivity index (χ1) is 33.1. The first kappa shape index (κ1) is 42.5. The van der Waals surface area contributed by atoms with Gasteiger partial charge in [0.2, 0.25) is 0 Å². The third-order valence-electron chi connectivity index (χ3n) is 12.2. The molecule has 0 amide bonds. The summed E-state index contributed by atoms with van der Waals surface area (Å²) in [6.45, 7) is 0. The second kappa shape index (κ2) is 19.8. The van der Waals surface area contributed by atoms with E-state index in [9.17, 15) is 0 Å². The van der Waals surface area contributed by atoms with Crippen molar-refractivity contribution < 1.29 is 0 Å². The van der Waals surface area contributed by atoms with Crippen molar-refractivity contribution in [1.82, 2.24) is 0 Å². The smallest absolute Gasteiger partial charge is 0.0406 e. The lowest BCUT2D eigenvalue weighted by Crippen LogP contribution is -1.91. The molecule has 0 atom stereocenters. The van der Waals surface area contributed by atoms with E-state index in [1.165, 1.54) is 87.6 Å². The highest BCUT2D eigenvalue weighted by Gasteiger charge is 2.14. The van der Waals surface area contributed by atoms with Gasteiger partial charge in [-0.3, -0.25) is 0 Å². The fraction of sp³-hybridized carbons (Fsp3) is 0. The highest BCUT2D eigenvalue weighted by molar-refractivity contribution is 6.30.